The number of aryl methyl sites for hydroxylation is 3. The zero-order chi connectivity index (χ0) is 15.9. The number of fused-ring (bicyclic) bond motifs is 1. The maximum absolute atomic E-state index is 9.10. The second-order valence-electron chi connectivity index (χ2n) is 5.29. The first-order valence-corrected chi connectivity index (χ1v) is 7.87. The van der Waals surface area contributed by atoms with Gasteiger partial charge in [0.05, 0.1) is 36.7 Å². The van der Waals surface area contributed by atoms with Gasteiger partial charge in [-0.25, -0.2) is 4.98 Å². The van der Waals surface area contributed by atoms with Crippen LogP contribution in [0.1, 0.15) is 21.8 Å². The third-order valence-corrected chi connectivity index (χ3v) is 4.81. The van der Waals surface area contributed by atoms with Crippen molar-refractivity contribution in [2.24, 2.45) is 0 Å². The molecule has 0 saturated heterocycles. The molecule has 3 rings (SSSR count). The average Bonchev–Trinajstić information content (AvgIpc) is 2.94. The summed E-state index contributed by atoms with van der Waals surface area (Å²) < 4.78 is 7.47. The molecule has 2 aromatic heterocycles. The Labute approximate surface area is 133 Å². The number of hydrogen-bond acceptors (Lipinski definition) is 4. The van der Waals surface area contributed by atoms with Crippen LogP contribution in [0.3, 0.4) is 0 Å². The van der Waals surface area contributed by atoms with Gasteiger partial charge < -0.3 is 4.74 Å². The molecule has 0 atom stereocenters. The van der Waals surface area contributed by atoms with Gasteiger partial charge in [0, 0.05) is 10.4 Å². The predicted octanol–water partition coefficient (Wildman–Crippen LogP) is 4.06. The van der Waals surface area contributed by atoms with Crippen molar-refractivity contribution < 1.29 is 4.74 Å². The van der Waals surface area contributed by atoms with E-state index in [4.69, 9.17) is 10.00 Å². The Balaban J connectivity index is 2.28. The Morgan fingerprint density at radius 2 is 2.09 bits per heavy atom. The van der Waals surface area contributed by atoms with Crippen molar-refractivity contribution in [1.29, 1.82) is 5.26 Å². The van der Waals surface area contributed by atoms with Crippen LogP contribution in [0.4, 0.5) is 0 Å². The van der Waals surface area contributed by atoms with Gasteiger partial charge in [0.2, 0.25) is 0 Å². The lowest BCUT2D eigenvalue weighted by Gasteiger charge is -2.09. The van der Waals surface area contributed by atoms with Crippen molar-refractivity contribution in [3.8, 4) is 23.1 Å². The number of methoxy groups -OCH3 is 1. The number of ether oxygens (including phenoxy) is 1. The summed E-state index contributed by atoms with van der Waals surface area (Å²) in [5.41, 5.74) is 5.25. The first-order valence-electron chi connectivity index (χ1n) is 7.06. The highest BCUT2D eigenvalue weighted by atomic mass is 32.1. The van der Waals surface area contributed by atoms with Crippen LogP contribution in [-0.2, 0) is 6.42 Å². The zero-order valence-electron chi connectivity index (χ0n) is 13.1. The van der Waals surface area contributed by atoms with E-state index in [1.54, 1.807) is 18.4 Å². The first-order chi connectivity index (χ1) is 10.6. The molecule has 0 fully saturated rings. The predicted molar refractivity (Wildman–Crippen MR) is 88.6 cm³/mol. The van der Waals surface area contributed by atoms with Crippen LogP contribution in [-0.4, -0.2) is 16.5 Å². The van der Waals surface area contributed by atoms with E-state index in [1.165, 1.54) is 4.88 Å². The summed E-state index contributed by atoms with van der Waals surface area (Å²) in [7, 11) is 1.68. The summed E-state index contributed by atoms with van der Waals surface area (Å²) >= 11 is 1.66. The molecular weight excluding hydrogens is 294 g/mol. The number of thiazole rings is 1. The second kappa shape index (κ2) is 5.47. The van der Waals surface area contributed by atoms with Crippen LogP contribution >= 0.6 is 11.3 Å². The number of hydrogen-bond donors (Lipinski definition) is 0. The Kier molecular flexibility index (Phi) is 3.63. The summed E-state index contributed by atoms with van der Waals surface area (Å²) in [5.74, 6) is 0.881. The standard InChI is InChI=1S/C17H17N3OS/c1-10-9-13(5-6-15(10)21-4)16-12(3)22-17-19-11(2)14(7-8-18)20(16)17/h5-6,9H,7H2,1-4H3. The van der Waals surface area contributed by atoms with Crippen LogP contribution in [0.25, 0.3) is 16.2 Å². The average molecular weight is 311 g/mol. The molecule has 0 aliphatic heterocycles. The molecule has 22 heavy (non-hydrogen) atoms. The Morgan fingerprint density at radius 1 is 1.32 bits per heavy atom. The Hall–Kier alpha value is -2.32. The topological polar surface area (TPSA) is 50.3 Å². The molecule has 0 bridgehead atoms. The van der Waals surface area contributed by atoms with Crippen LogP contribution in [0, 0.1) is 32.1 Å². The minimum Gasteiger partial charge on any atom is -0.496 e. The van der Waals surface area contributed by atoms with Crippen molar-refractivity contribution in [2.45, 2.75) is 27.2 Å². The van der Waals surface area contributed by atoms with E-state index < -0.39 is 0 Å². The van der Waals surface area contributed by atoms with Crippen LogP contribution in [0.15, 0.2) is 18.2 Å². The van der Waals surface area contributed by atoms with E-state index in [0.29, 0.717) is 6.42 Å². The normalized spacial score (nSPS) is 10.9. The van der Waals surface area contributed by atoms with E-state index in [1.807, 2.05) is 19.9 Å². The molecule has 4 nitrogen and oxygen atoms in total. The lowest BCUT2D eigenvalue weighted by molar-refractivity contribution is 0.412. The maximum Gasteiger partial charge on any atom is 0.194 e. The number of nitriles is 1. The van der Waals surface area contributed by atoms with Gasteiger partial charge in [-0.15, -0.1) is 11.3 Å². The molecule has 0 amide bonds. The number of imidazole rings is 1. The fourth-order valence-electron chi connectivity index (χ4n) is 2.82. The highest BCUT2D eigenvalue weighted by Crippen LogP contribution is 2.35. The van der Waals surface area contributed by atoms with Crippen molar-refractivity contribution in [3.63, 3.8) is 0 Å². The van der Waals surface area contributed by atoms with Gasteiger partial charge in [0.1, 0.15) is 5.75 Å². The third-order valence-electron chi connectivity index (χ3n) is 3.86. The highest BCUT2D eigenvalue weighted by molar-refractivity contribution is 7.17. The number of nitrogens with zero attached hydrogens (tertiary/aromatic N) is 3. The lowest BCUT2D eigenvalue weighted by atomic mass is 10.1. The fraction of sp³-hybridized carbons (Fsp3) is 0.294. The van der Waals surface area contributed by atoms with E-state index in [0.717, 1.165) is 38.9 Å². The first kappa shape index (κ1) is 14.6. The molecule has 0 radical (unpaired) electrons. The molecular formula is C17H17N3OS. The molecule has 3 aromatic rings. The summed E-state index contributed by atoms with van der Waals surface area (Å²) in [6, 6.07) is 8.42. The van der Waals surface area contributed by atoms with E-state index in [2.05, 4.69) is 34.5 Å². The minimum atomic E-state index is 0.366. The molecule has 112 valence electrons. The molecule has 5 heteroatoms. The van der Waals surface area contributed by atoms with Crippen molar-refractivity contribution in [1.82, 2.24) is 9.38 Å². The van der Waals surface area contributed by atoms with Crippen LogP contribution in [0.2, 0.25) is 0 Å². The van der Waals surface area contributed by atoms with Gasteiger partial charge in [-0.3, -0.25) is 4.40 Å². The fourth-order valence-corrected chi connectivity index (χ4v) is 3.87. The summed E-state index contributed by atoms with van der Waals surface area (Å²) in [6.07, 6.45) is 0.366. The number of rotatable bonds is 3. The van der Waals surface area contributed by atoms with Gasteiger partial charge in [-0.1, -0.05) is 0 Å². The molecule has 1 aromatic carbocycles. The Morgan fingerprint density at radius 3 is 2.73 bits per heavy atom. The molecule has 0 N–H and O–H groups in total. The van der Waals surface area contributed by atoms with Gasteiger partial charge in [0.25, 0.3) is 0 Å². The van der Waals surface area contributed by atoms with Crippen molar-refractivity contribution in [3.05, 3.63) is 40.0 Å². The Bertz CT molecular complexity index is 899. The monoisotopic (exact) mass is 311 g/mol. The SMILES string of the molecule is COc1ccc(-c2c(C)sc3nc(C)c(CC#N)n23)cc1C. The third kappa shape index (κ3) is 2.16. The van der Waals surface area contributed by atoms with E-state index in [9.17, 15) is 0 Å². The number of aromatic nitrogens is 2. The molecule has 0 unspecified atom stereocenters. The zero-order valence-corrected chi connectivity index (χ0v) is 13.9. The molecule has 0 aliphatic rings. The molecule has 0 aliphatic carbocycles. The summed E-state index contributed by atoms with van der Waals surface area (Å²) in [5, 5.41) is 9.10. The summed E-state index contributed by atoms with van der Waals surface area (Å²) in [4.78, 5) is 6.75. The van der Waals surface area contributed by atoms with Crippen molar-refractivity contribution >= 4 is 16.3 Å². The van der Waals surface area contributed by atoms with Crippen LogP contribution in [0.5, 0.6) is 5.75 Å². The largest absolute Gasteiger partial charge is 0.496 e. The van der Waals surface area contributed by atoms with Gasteiger partial charge in [0.15, 0.2) is 4.96 Å². The maximum atomic E-state index is 9.10. The van der Waals surface area contributed by atoms with E-state index >= 15 is 0 Å². The summed E-state index contributed by atoms with van der Waals surface area (Å²) in [6.45, 7) is 6.10. The molecule has 0 saturated carbocycles. The van der Waals surface area contributed by atoms with Gasteiger partial charge in [-0.05, 0) is 44.5 Å². The second-order valence-corrected chi connectivity index (χ2v) is 6.47. The minimum absolute atomic E-state index is 0.366. The van der Waals surface area contributed by atoms with Crippen molar-refractivity contribution in [2.75, 3.05) is 7.11 Å². The van der Waals surface area contributed by atoms with E-state index in [-0.39, 0.29) is 0 Å². The number of benzene rings is 1. The lowest BCUT2D eigenvalue weighted by Crippen LogP contribution is -1.96. The quantitative estimate of drug-likeness (QED) is 0.733. The van der Waals surface area contributed by atoms with Crippen LogP contribution < -0.4 is 4.74 Å². The molecule has 2 heterocycles. The molecule has 0 spiro atoms. The van der Waals surface area contributed by atoms with Gasteiger partial charge in [-0.2, -0.15) is 5.26 Å². The smallest absolute Gasteiger partial charge is 0.194 e. The highest BCUT2D eigenvalue weighted by Gasteiger charge is 2.18. The van der Waals surface area contributed by atoms with Gasteiger partial charge >= 0.3 is 0 Å².